The van der Waals surface area contributed by atoms with Crippen LogP contribution in [-0.2, 0) is 14.2 Å². The summed E-state index contributed by atoms with van der Waals surface area (Å²) in [5, 5.41) is 8.73. The highest BCUT2D eigenvalue weighted by molar-refractivity contribution is 5.61. The van der Waals surface area contributed by atoms with Gasteiger partial charge in [0, 0.05) is 19.8 Å². The second-order valence-corrected chi connectivity index (χ2v) is 8.49. The molecule has 0 saturated heterocycles. The largest absolute Gasteiger partial charge is 0.509 e. The van der Waals surface area contributed by atoms with Crippen LogP contribution in [0.4, 0.5) is 4.79 Å². The monoisotopic (exact) mass is 388 g/mol. The van der Waals surface area contributed by atoms with E-state index >= 15 is 0 Å². The van der Waals surface area contributed by atoms with Crippen LogP contribution in [0.25, 0.3) is 0 Å². The third kappa shape index (κ3) is 13.1. The van der Waals surface area contributed by atoms with Crippen molar-refractivity contribution in [3.63, 3.8) is 0 Å². The van der Waals surface area contributed by atoms with Gasteiger partial charge in [0.25, 0.3) is 0 Å². The molecule has 0 aliphatic heterocycles. The van der Waals surface area contributed by atoms with Crippen LogP contribution in [0.1, 0.15) is 99.3 Å². The zero-order valence-electron chi connectivity index (χ0n) is 18.6. The molecule has 2 atom stereocenters. The molecular formula is C22H44O5. The van der Waals surface area contributed by atoms with Crippen molar-refractivity contribution in [2.24, 2.45) is 5.92 Å². The molecule has 5 heteroatoms. The SMILES string of the molecule is CCC(C)(CCCCOCCCCO)OC(=O)OC(C)(CC)CCC(C)C. The van der Waals surface area contributed by atoms with Crippen LogP contribution in [0.2, 0.25) is 0 Å². The number of hydrogen-bond acceptors (Lipinski definition) is 5. The average molecular weight is 389 g/mol. The Balaban J connectivity index is 4.27. The van der Waals surface area contributed by atoms with E-state index in [1.165, 1.54) is 0 Å². The van der Waals surface area contributed by atoms with Crippen molar-refractivity contribution in [2.75, 3.05) is 19.8 Å². The van der Waals surface area contributed by atoms with Gasteiger partial charge >= 0.3 is 6.16 Å². The van der Waals surface area contributed by atoms with Gasteiger partial charge < -0.3 is 19.3 Å². The summed E-state index contributed by atoms with van der Waals surface area (Å²) in [6.45, 7) is 14.0. The zero-order chi connectivity index (χ0) is 20.8. The lowest BCUT2D eigenvalue weighted by Gasteiger charge is -2.33. The maximum absolute atomic E-state index is 12.4. The van der Waals surface area contributed by atoms with Gasteiger partial charge in [0.05, 0.1) is 0 Å². The van der Waals surface area contributed by atoms with Crippen LogP contribution >= 0.6 is 0 Å². The molecule has 0 spiro atoms. The van der Waals surface area contributed by atoms with Gasteiger partial charge in [0.1, 0.15) is 11.2 Å². The van der Waals surface area contributed by atoms with Crippen molar-refractivity contribution in [3.05, 3.63) is 0 Å². The van der Waals surface area contributed by atoms with Gasteiger partial charge in [0.15, 0.2) is 0 Å². The van der Waals surface area contributed by atoms with E-state index in [2.05, 4.69) is 13.8 Å². The lowest BCUT2D eigenvalue weighted by molar-refractivity contribution is -0.0796. The number of aliphatic hydroxyl groups is 1. The topological polar surface area (TPSA) is 65.0 Å². The molecule has 2 unspecified atom stereocenters. The molecule has 0 saturated carbocycles. The van der Waals surface area contributed by atoms with Gasteiger partial charge in [-0.1, -0.05) is 27.7 Å². The summed E-state index contributed by atoms with van der Waals surface area (Å²) in [6.07, 6.45) is 7.24. The molecule has 0 bridgehead atoms. The Morgan fingerprint density at radius 1 is 0.889 bits per heavy atom. The molecule has 0 heterocycles. The second-order valence-electron chi connectivity index (χ2n) is 8.49. The van der Waals surface area contributed by atoms with Crippen molar-refractivity contribution in [3.8, 4) is 0 Å². The highest BCUT2D eigenvalue weighted by Gasteiger charge is 2.32. The third-order valence-electron chi connectivity index (χ3n) is 5.35. The zero-order valence-corrected chi connectivity index (χ0v) is 18.6. The molecule has 0 fully saturated rings. The molecule has 0 aromatic heterocycles. The molecule has 5 nitrogen and oxygen atoms in total. The quantitative estimate of drug-likeness (QED) is 0.264. The Bertz CT molecular complexity index is 385. The minimum Gasteiger partial charge on any atom is -0.428 e. The Kier molecular flexibility index (Phi) is 13.8. The van der Waals surface area contributed by atoms with Gasteiger partial charge in [-0.15, -0.1) is 0 Å². The molecule has 0 rings (SSSR count). The summed E-state index contributed by atoms with van der Waals surface area (Å²) in [5.41, 5.74) is -0.959. The summed E-state index contributed by atoms with van der Waals surface area (Å²) in [4.78, 5) is 12.4. The van der Waals surface area contributed by atoms with Crippen LogP contribution in [0.15, 0.2) is 0 Å². The first-order valence-electron chi connectivity index (χ1n) is 10.8. The summed E-state index contributed by atoms with van der Waals surface area (Å²) in [5.74, 6) is 0.585. The number of ether oxygens (including phenoxy) is 3. The number of carbonyl (C=O) groups excluding carboxylic acids is 1. The van der Waals surface area contributed by atoms with Crippen molar-refractivity contribution in [1.29, 1.82) is 0 Å². The number of unbranched alkanes of at least 4 members (excludes halogenated alkanes) is 2. The molecular weight excluding hydrogens is 344 g/mol. The Hall–Kier alpha value is -0.810. The first-order chi connectivity index (χ1) is 12.7. The van der Waals surface area contributed by atoms with Gasteiger partial charge in [-0.2, -0.15) is 0 Å². The second kappa shape index (κ2) is 14.2. The van der Waals surface area contributed by atoms with E-state index in [9.17, 15) is 4.79 Å². The van der Waals surface area contributed by atoms with Gasteiger partial charge in [-0.25, -0.2) is 4.79 Å². The summed E-state index contributed by atoms with van der Waals surface area (Å²) < 4.78 is 17.0. The fraction of sp³-hybridized carbons (Fsp3) is 0.955. The number of hydrogen-bond donors (Lipinski definition) is 1. The van der Waals surface area contributed by atoms with Crippen molar-refractivity contribution >= 4 is 6.16 Å². The van der Waals surface area contributed by atoms with Gasteiger partial charge in [0.2, 0.25) is 0 Å². The Morgan fingerprint density at radius 3 is 1.89 bits per heavy atom. The third-order valence-corrected chi connectivity index (χ3v) is 5.35. The van der Waals surface area contributed by atoms with Gasteiger partial charge in [-0.05, 0) is 77.6 Å². The molecule has 0 radical (unpaired) electrons. The normalized spacial score (nSPS) is 16.0. The standard InChI is InChI=1S/C22H44O5/c1-7-21(5,14-9-11-17-25-18-12-10-16-23)26-20(24)27-22(6,8-2)15-13-19(3)4/h19,23H,7-18H2,1-6H3. The van der Waals surface area contributed by atoms with E-state index in [0.29, 0.717) is 19.1 Å². The number of carbonyl (C=O) groups is 1. The molecule has 0 aromatic carbocycles. The molecule has 162 valence electrons. The minimum absolute atomic E-state index is 0.222. The average Bonchev–Trinajstić information content (AvgIpc) is 2.62. The lowest BCUT2D eigenvalue weighted by Crippen LogP contribution is -2.37. The maximum atomic E-state index is 12.4. The predicted molar refractivity (Wildman–Crippen MR) is 110 cm³/mol. The van der Waals surface area contributed by atoms with Crippen molar-refractivity contribution in [1.82, 2.24) is 0 Å². The van der Waals surface area contributed by atoms with E-state index in [0.717, 1.165) is 57.8 Å². The Labute approximate surface area is 167 Å². The molecule has 0 amide bonds. The van der Waals surface area contributed by atoms with Crippen LogP contribution in [0.3, 0.4) is 0 Å². The number of aliphatic hydroxyl groups excluding tert-OH is 1. The van der Waals surface area contributed by atoms with E-state index < -0.39 is 17.4 Å². The van der Waals surface area contributed by atoms with E-state index in [1.807, 2.05) is 27.7 Å². The fourth-order valence-electron chi connectivity index (χ4n) is 2.74. The fourth-order valence-corrected chi connectivity index (χ4v) is 2.74. The molecule has 0 aromatic rings. The molecule has 27 heavy (non-hydrogen) atoms. The maximum Gasteiger partial charge on any atom is 0.509 e. The first kappa shape index (κ1) is 26.2. The van der Waals surface area contributed by atoms with E-state index in [4.69, 9.17) is 19.3 Å². The highest BCUT2D eigenvalue weighted by Crippen LogP contribution is 2.28. The van der Waals surface area contributed by atoms with Crippen LogP contribution in [0.5, 0.6) is 0 Å². The van der Waals surface area contributed by atoms with Crippen LogP contribution in [0, 0.1) is 5.92 Å². The summed E-state index contributed by atoms with van der Waals surface area (Å²) in [7, 11) is 0. The smallest absolute Gasteiger partial charge is 0.428 e. The van der Waals surface area contributed by atoms with Crippen LogP contribution < -0.4 is 0 Å². The van der Waals surface area contributed by atoms with Crippen molar-refractivity contribution in [2.45, 2.75) is 111 Å². The molecule has 1 N–H and O–H groups in total. The number of rotatable bonds is 16. The predicted octanol–water partition coefficient (Wildman–Crippen LogP) is 5.87. The van der Waals surface area contributed by atoms with E-state index in [1.54, 1.807) is 0 Å². The van der Waals surface area contributed by atoms with E-state index in [-0.39, 0.29) is 6.61 Å². The first-order valence-corrected chi connectivity index (χ1v) is 10.8. The summed E-state index contributed by atoms with van der Waals surface area (Å²) in [6, 6.07) is 0. The van der Waals surface area contributed by atoms with Crippen molar-refractivity contribution < 1.29 is 24.1 Å². The summed E-state index contributed by atoms with van der Waals surface area (Å²) >= 11 is 0. The van der Waals surface area contributed by atoms with Gasteiger partial charge in [-0.3, -0.25) is 0 Å². The molecule has 0 aliphatic rings. The highest BCUT2D eigenvalue weighted by atomic mass is 16.7. The Morgan fingerprint density at radius 2 is 1.41 bits per heavy atom. The van der Waals surface area contributed by atoms with Crippen LogP contribution in [-0.4, -0.2) is 42.3 Å². The molecule has 0 aliphatic carbocycles. The lowest BCUT2D eigenvalue weighted by atomic mass is 9.93. The minimum atomic E-state index is -0.548.